The van der Waals surface area contributed by atoms with Crippen molar-refractivity contribution in [3.8, 4) is 0 Å². The molecule has 0 aliphatic rings. The number of aliphatic carboxylic acids is 1. The van der Waals surface area contributed by atoms with Gasteiger partial charge in [-0.25, -0.2) is 9.48 Å². The highest BCUT2D eigenvalue weighted by atomic mass is 16.4. The molecule has 0 fully saturated rings. The van der Waals surface area contributed by atoms with E-state index in [0.29, 0.717) is 22.2 Å². The molecule has 9 nitrogen and oxygen atoms in total. The van der Waals surface area contributed by atoms with Crippen molar-refractivity contribution < 1.29 is 14.7 Å². The predicted octanol–water partition coefficient (Wildman–Crippen LogP) is 1.13. The van der Waals surface area contributed by atoms with E-state index in [2.05, 4.69) is 15.5 Å². The normalized spacial score (nSPS) is 11.5. The van der Waals surface area contributed by atoms with E-state index in [1.807, 2.05) is 0 Å². The summed E-state index contributed by atoms with van der Waals surface area (Å²) in [6.07, 6.45) is 2.80. The average molecular weight is 369 g/mol. The van der Waals surface area contributed by atoms with E-state index in [-0.39, 0.29) is 17.9 Å². The number of carbonyl (C=O) groups excluding carboxylic acids is 1. The van der Waals surface area contributed by atoms with Gasteiger partial charge in [-0.1, -0.05) is 18.2 Å². The molecule has 0 bridgehead atoms. The number of carboxylic acid groups (broad SMARTS) is 1. The summed E-state index contributed by atoms with van der Waals surface area (Å²) in [6, 6.07) is 6.98. The summed E-state index contributed by atoms with van der Waals surface area (Å²) in [5.74, 6) is -1.39. The van der Waals surface area contributed by atoms with Crippen molar-refractivity contribution in [3.05, 3.63) is 52.7 Å². The molecule has 2 N–H and O–H groups in total. The minimum Gasteiger partial charge on any atom is -0.479 e. The van der Waals surface area contributed by atoms with Gasteiger partial charge in [0, 0.05) is 18.6 Å². The van der Waals surface area contributed by atoms with Crippen LogP contribution in [0.4, 0.5) is 5.69 Å². The number of aryl methyl sites for hydroxylation is 1. The number of carboxylic acids is 1. The summed E-state index contributed by atoms with van der Waals surface area (Å²) in [7, 11) is 1.54. The first kappa shape index (κ1) is 18.3. The van der Waals surface area contributed by atoms with Gasteiger partial charge in [-0.15, -0.1) is 0 Å². The number of nitrogens with zero attached hydrogens (tertiary/aromatic N) is 4. The molecule has 0 unspecified atom stereocenters. The highest BCUT2D eigenvalue weighted by Gasteiger charge is 2.30. The van der Waals surface area contributed by atoms with Gasteiger partial charge in [-0.3, -0.25) is 14.3 Å². The van der Waals surface area contributed by atoms with Gasteiger partial charge in [-0.2, -0.15) is 10.2 Å². The number of anilines is 1. The molecule has 2 aromatic heterocycles. The zero-order valence-electron chi connectivity index (χ0n) is 15.1. The number of benzene rings is 1. The Morgan fingerprint density at radius 3 is 2.56 bits per heavy atom. The molecule has 140 valence electrons. The fourth-order valence-electron chi connectivity index (χ4n) is 2.65. The number of rotatable bonds is 5. The molecule has 0 radical (unpaired) electrons. The van der Waals surface area contributed by atoms with Crippen molar-refractivity contribution in [2.45, 2.75) is 25.8 Å². The Bertz CT molecular complexity index is 1100. The van der Waals surface area contributed by atoms with Crippen LogP contribution in [0.15, 0.2) is 41.5 Å². The van der Waals surface area contributed by atoms with Crippen LogP contribution in [0.1, 0.15) is 19.5 Å². The molecule has 1 aromatic carbocycles. The van der Waals surface area contributed by atoms with Crippen LogP contribution < -0.4 is 10.9 Å². The number of nitrogens with one attached hydrogen (secondary N) is 1. The Hall–Kier alpha value is -3.49. The topological polar surface area (TPSA) is 119 Å². The Balaban J connectivity index is 1.83. The van der Waals surface area contributed by atoms with Crippen LogP contribution in [0, 0.1) is 0 Å². The molecule has 27 heavy (non-hydrogen) atoms. The van der Waals surface area contributed by atoms with Crippen molar-refractivity contribution in [1.82, 2.24) is 19.6 Å². The lowest BCUT2D eigenvalue weighted by Crippen LogP contribution is -2.35. The third-order valence-electron chi connectivity index (χ3n) is 4.32. The Labute approximate surface area is 154 Å². The second-order valence-electron chi connectivity index (χ2n) is 6.68. The van der Waals surface area contributed by atoms with Crippen LogP contribution in [0.3, 0.4) is 0 Å². The molecular formula is C18H19N5O4. The van der Waals surface area contributed by atoms with E-state index in [1.54, 1.807) is 24.3 Å². The van der Waals surface area contributed by atoms with E-state index in [4.69, 9.17) is 0 Å². The van der Waals surface area contributed by atoms with Gasteiger partial charge in [0.15, 0.2) is 5.54 Å². The van der Waals surface area contributed by atoms with Crippen molar-refractivity contribution >= 4 is 28.3 Å². The van der Waals surface area contributed by atoms with Crippen LogP contribution in [0.25, 0.3) is 10.8 Å². The van der Waals surface area contributed by atoms with Crippen molar-refractivity contribution in [2.24, 2.45) is 7.05 Å². The van der Waals surface area contributed by atoms with E-state index in [0.717, 1.165) is 0 Å². The van der Waals surface area contributed by atoms with E-state index in [9.17, 15) is 19.5 Å². The van der Waals surface area contributed by atoms with Crippen LogP contribution in [0.5, 0.6) is 0 Å². The number of fused-ring (bicyclic) bond motifs is 1. The van der Waals surface area contributed by atoms with Gasteiger partial charge < -0.3 is 10.4 Å². The zero-order valence-corrected chi connectivity index (χ0v) is 15.1. The highest BCUT2D eigenvalue weighted by molar-refractivity contribution is 5.95. The van der Waals surface area contributed by atoms with Crippen LogP contribution in [-0.4, -0.2) is 36.5 Å². The average Bonchev–Trinajstić information content (AvgIpc) is 3.08. The number of hydrogen-bond donors (Lipinski definition) is 2. The standard InChI is InChI=1S/C18H19N5O4/c1-18(2,17(26)27)23-10-11(9-19-23)20-15(24)8-14-12-6-4-5-7-13(12)16(25)22(3)21-14/h4-7,9-10H,8H2,1-3H3,(H,20,24)(H,26,27). The summed E-state index contributed by atoms with van der Waals surface area (Å²) in [5.41, 5.74) is -0.614. The predicted molar refractivity (Wildman–Crippen MR) is 98.5 cm³/mol. The zero-order chi connectivity index (χ0) is 19.8. The van der Waals surface area contributed by atoms with Gasteiger partial charge in [0.2, 0.25) is 5.91 Å². The van der Waals surface area contributed by atoms with Crippen LogP contribution >= 0.6 is 0 Å². The number of aromatic nitrogens is 4. The van der Waals surface area contributed by atoms with Gasteiger partial charge in [-0.05, 0) is 19.9 Å². The molecule has 0 atom stereocenters. The van der Waals surface area contributed by atoms with Gasteiger partial charge in [0.1, 0.15) is 0 Å². The first-order valence-electron chi connectivity index (χ1n) is 8.23. The van der Waals surface area contributed by atoms with Gasteiger partial charge >= 0.3 is 5.97 Å². The third-order valence-corrected chi connectivity index (χ3v) is 4.32. The monoisotopic (exact) mass is 369 g/mol. The smallest absolute Gasteiger partial charge is 0.331 e. The number of amides is 1. The Morgan fingerprint density at radius 2 is 1.89 bits per heavy atom. The second-order valence-corrected chi connectivity index (χ2v) is 6.68. The van der Waals surface area contributed by atoms with E-state index in [1.165, 1.54) is 42.7 Å². The molecule has 3 rings (SSSR count). The number of carbonyl (C=O) groups is 2. The minimum atomic E-state index is -1.24. The lowest BCUT2D eigenvalue weighted by atomic mass is 10.1. The Kier molecular flexibility index (Phi) is 4.52. The summed E-state index contributed by atoms with van der Waals surface area (Å²) in [4.78, 5) is 35.9. The maximum absolute atomic E-state index is 12.4. The Morgan fingerprint density at radius 1 is 1.22 bits per heavy atom. The quantitative estimate of drug-likeness (QED) is 0.696. The van der Waals surface area contributed by atoms with E-state index >= 15 is 0 Å². The molecule has 0 spiro atoms. The highest BCUT2D eigenvalue weighted by Crippen LogP contribution is 2.18. The first-order chi connectivity index (χ1) is 12.7. The summed E-state index contributed by atoms with van der Waals surface area (Å²) < 4.78 is 2.48. The summed E-state index contributed by atoms with van der Waals surface area (Å²) >= 11 is 0. The molecule has 9 heteroatoms. The molecule has 0 saturated carbocycles. The van der Waals surface area contributed by atoms with Crippen molar-refractivity contribution in [1.29, 1.82) is 0 Å². The minimum absolute atomic E-state index is 0.0395. The molecule has 0 aliphatic heterocycles. The first-order valence-corrected chi connectivity index (χ1v) is 8.23. The maximum Gasteiger partial charge on any atom is 0.331 e. The van der Waals surface area contributed by atoms with Crippen LogP contribution in [-0.2, 0) is 28.6 Å². The SMILES string of the molecule is Cn1nc(CC(=O)Nc2cnn(C(C)(C)C(=O)O)c2)c2ccccc2c1=O. The fourth-order valence-corrected chi connectivity index (χ4v) is 2.65. The van der Waals surface area contributed by atoms with Crippen molar-refractivity contribution in [3.63, 3.8) is 0 Å². The van der Waals surface area contributed by atoms with E-state index < -0.39 is 11.5 Å². The molecular weight excluding hydrogens is 350 g/mol. The lowest BCUT2D eigenvalue weighted by molar-refractivity contribution is -0.146. The second kappa shape index (κ2) is 6.67. The summed E-state index contributed by atoms with van der Waals surface area (Å²) in [5, 5.41) is 21.2. The number of hydrogen-bond acceptors (Lipinski definition) is 5. The van der Waals surface area contributed by atoms with Gasteiger partial charge in [0.25, 0.3) is 5.56 Å². The third kappa shape index (κ3) is 3.43. The molecule has 3 aromatic rings. The molecule has 0 aliphatic carbocycles. The van der Waals surface area contributed by atoms with Gasteiger partial charge in [0.05, 0.1) is 29.4 Å². The van der Waals surface area contributed by atoms with Crippen molar-refractivity contribution in [2.75, 3.05) is 5.32 Å². The molecule has 1 amide bonds. The molecule has 2 heterocycles. The fraction of sp³-hybridized carbons (Fsp3) is 0.278. The molecule has 0 saturated heterocycles. The largest absolute Gasteiger partial charge is 0.479 e. The lowest BCUT2D eigenvalue weighted by Gasteiger charge is -2.19. The summed E-state index contributed by atoms with van der Waals surface area (Å²) in [6.45, 7) is 3.02. The maximum atomic E-state index is 12.4. The van der Waals surface area contributed by atoms with Crippen LogP contribution in [0.2, 0.25) is 0 Å².